The summed E-state index contributed by atoms with van der Waals surface area (Å²) in [6.07, 6.45) is -2.60. The molecule has 0 aromatic heterocycles. The van der Waals surface area contributed by atoms with Crippen LogP contribution in [0.15, 0.2) is 0 Å². The van der Waals surface area contributed by atoms with Crippen LogP contribution < -0.4 is 0 Å². The van der Waals surface area contributed by atoms with E-state index in [1.807, 2.05) is 0 Å². The Hall–Kier alpha value is -0.770. The predicted octanol–water partition coefficient (Wildman–Crippen LogP) is 1.60. The number of rotatable bonds is 6. The number of carbonyl (C=O) groups excluding carboxylic acids is 1. The molecule has 2 saturated heterocycles. The fraction of sp³-hybridized carbons (Fsp3) is 0.941. The molecule has 2 rings (SSSR count). The summed E-state index contributed by atoms with van der Waals surface area (Å²) in [6.45, 7) is 10.9. The Kier molecular flexibility index (Phi) is 5.83. The molecule has 0 aliphatic carbocycles. The van der Waals surface area contributed by atoms with Gasteiger partial charge in [0.2, 0.25) is 0 Å². The Bertz CT molecular complexity index is 487. The Morgan fingerprint density at radius 1 is 0.960 bits per heavy atom. The van der Waals surface area contributed by atoms with Crippen molar-refractivity contribution in [1.82, 2.24) is 0 Å². The number of methoxy groups -OCH3 is 2. The van der Waals surface area contributed by atoms with E-state index in [0.29, 0.717) is 0 Å². The molecule has 0 amide bonds. The van der Waals surface area contributed by atoms with Gasteiger partial charge >= 0.3 is 5.97 Å². The SMILES string of the molecule is COC(=O)[C@@H]1OC(C)(C)O[C@H]1[C@H]1OC(C)(C)O[C@@H]1COC(C)(C)OC. The van der Waals surface area contributed by atoms with Crippen molar-refractivity contribution < 1.29 is 38.0 Å². The summed E-state index contributed by atoms with van der Waals surface area (Å²) in [7, 11) is 2.88. The lowest BCUT2D eigenvalue weighted by molar-refractivity contribution is -0.217. The molecule has 0 saturated carbocycles. The summed E-state index contributed by atoms with van der Waals surface area (Å²) >= 11 is 0. The Balaban J connectivity index is 2.19. The number of esters is 1. The lowest BCUT2D eigenvalue weighted by Gasteiger charge is -2.28. The molecule has 2 fully saturated rings. The first-order valence-electron chi connectivity index (χ1n) is 8.38. The predicted molar refractivity (Wildman–Crippen MR) is 86.7 cm³/mol. The molecular weight excluding hydrogens is 332 g/mol. The Labute approximate surface area is 149 Å². The number of hydrogen-bond donors (Lipinski definition) is 0. The van der Waals surface area contributed by atoms with E-state index in [4.69, 9.17) is 33.2 Å². The van der Waals surface area contributed by atoms with E-state index < -0.39 is 47.7 Å². The van der Waals surface area contributed by atoms with Crippen LogP contribution in [-0.4, -0.2) is 68.6 Å². The molecule has 0 spiro atoms. The highest BCUT2D eigenvalue weighted by Gasteiger charge is 2.56. The van der Waals surface area contributed by atoms with Crippen LogP contribution in [0.5, 0.6) is 0 Å². The fourth-order valence-electron chi connectivity index (χ4n) is 2.94. The van der Waals surface area contributed by atoms with Gasteiger partial charge in [0.25, 0.3) is 0 Å². The fourth-order valence-corrected chi connectivity index (χ4v) is 2.94. The van der Waals surface area contributed by atoms with Crippen molar-refractivity contribution in [3.05, 3.63) is 0 Å². The number of hydrogen-bond acceptors (Lipinski definition) is 8. The molecular formula is C17H30O8. The minimum Gasteiger partial charge on any atom is -0.467 e. The van der Waals surface area contributed by atoms with Crippen molar-refractivity contribution in [1.29, 1.82) is 0 Å². The second-order valence-corrected chi connectivity index (χ2v) is 7.60. The van der Waals surface area contributed by atoms with Crippen molar-refractivity contribution in [2.45, 2.75) is 83.3 Å². The van der Waals surface area contributed by atoms with Crippen LogP contribution in [0, 0.1) is 0 Å². The zero-order chi connectivity index (χ0) is 19.0. The first-order valence-corrected chi connectivity index (χ1v) is 8.38. The highest BCUT2D eigenvalue weighted by molar-refractivity contribution is 5.75. The smallest absolute Gasteiger partial charge is 0.337 e. The molecule has 0 aromatic carbocycles. The summed E-state index contributed by atoms with van der Waals surface area (Å²) in [5, 5.41) is 0. The van der Waals surface area contributed by atoms with E-state index in [0.717, 1.165) is 0 Å². The summed E-state index contributed by atoms with van der Waals surface area (Å²) in [5.74, 6) is -3.06. The van der Waals surface area contributed by atoms with Gasteiger partial charge in [0.15, 0.2) is 23.5 Å². The topological polar surface area (TPSA) is 81.7 Å². The van der Waals surface area contributed by atoms with Gasteiger partial charge in [0, 0.05) is 7.11 Å². The van der Waals surface area contributed by atoms with Gasteiger partial charge in [0.1, 0.15) is 18.3 Å². The lowest BCUT2D eigenvalue weighted by Crippen LogP contribution is -2.47. The minimum absolute atomic E-state index is 0.211. The maximum Gasteiger partial charge on any atom is 0.337 e. The van der Waals surface area contributed by atoms with Gasteiger partial charge in [-0.2, -0.15) is 0 Å². The second-order valence-electron chi connectivity index (χ2n) is 7.60. The van der Waals surface area contributed by atoms with E-state index in [1.165, 1.54) is 7.11 Å². The van der Waals surface area contributed by atoms with Gasteiger partial charge in [-0.05, 0) is 41.5 Å². The van der Waals surface area contributed by atoms with Gasteiger partial charge < -0.3 is 33.2 Å². The van der Waals surface area contributed by atoms with Crippen LogP contribution >= 0.6 is 0 Å². The third-order valence-corrected chi connectivity index (χ3v) is 4.19. The largest absolute Gasteiger partial charge is 0.467 e. The maximum atomic E-state index is 12.1. The molecule has 0 unspecified atom stereocenters. The zero-order valence-corrected chi connectivity index (χ0v) is 16.3. The Morgan fingerprint density at radius 3 is 2.08 bits per heavy atom. The Morgan fingerprint density at radius 2 is 1.52 bits per heavy atom. The van der Waals surface area contributed by atoms with Crippen molar-refractivity contribution in [2.24, 2.45) is 0 Å². The molecule has 0 bridgehead atoms. The van der Waals surface area contributed by atoms with Gasteiger partial charge in [-0.25, -0.2) is 4.79 Å². The van der Waals surface area contributed by atoms with Crippen LogP contribution in [0.3, 0.4) is 0 Å². The van der Waals surface area contributed by atoms with E-state index in [-0.39, 0.29) is 6.61 Å². The highest BCUT2D eigenvalue weighted by atomic mass is 16.8. The third-order valence-electron chi connectivity index (χ3n) is 4.19. The standard InChI is InChI=1S/C17H30O8/c1-15(2,20-8)21-9-10-11(23-16(3,4)22-10)12-13(14(18)19-7)25-17(5,6)24-12/h10-13H,9H2,1-8H3/t10-,11+,12+,13-/m1/s1. The van der Waals surface area contributed by atoms with Crippen molar-refractivity contribution >= 4 is 5.97 Å². The molecule has 0 radical (unpaired) electrons. The molecule has 2 heterocycles. The van der Waals surface area contributed by atoms with Crippen LogP contribution in [0.4, 0.5) is 0 Å². The minimum atomic E-state index is -0.934. The lowest BCUT2D eigenvalue weighted by atomic mass is 10.0. The van der Waals surface area contributed by atoms with E-state index in [9.17, 15) is 4.79 Å². The van der Waals surface area contributed by atoms with E-state index in [1.54, 1.807) is 48.7 Å². The molecule has 8 nitrogen and oxygen atoms in total. The molecule has 0 N–H and O–H groups in total. The first-order chi connectivity index (χ1) is 11.4. The molecule has 2 aliphatic rings. The summed E-state index contributed by atoms with van der Waals surface area (Å²) in [6, 6.07) is 0. The summed E-state index contributed by atoms with van der Waals surface area (Å²) in [4.78, 5) is 12.1. The van der Waals surface area contributed by atoms with Crippen molar-refractivity contribution in [2.75, 3.05) is 20.8 Å². The monoisotopic (exact) mass is 362 g/mol. The van der Waals surface area contributed by atoms with Crippen molar-refractivity contribution in [3.8, 4) is 0 Å². The first kappa shape index (κ1) is 20.5. The zero-order valence-electron chi connectivity index (χ0n) is 16.3. The van der Waals surface area contributed by atoms with Crippen LogP contribution in [-0.2, 0) is 38.0 Å². The maximum absolute atomic E-state index is 12.1. The van der Waals surface area contributed by atoms with Crippen LogP contribution in [0.25, 0.3) is 0 Å². The molecule has 0 aromatic rings. The van der Waals surface area contributed by atoms with E-state index in [2.05, 4.69) is 0 Å². The molecule has 4 atom stereocenters. The normalized spacial score (nSPS) is 34.2. The van der Waals surface area contributed by atoms with Gasteiger partial charge in [0.05, 0.1) is 13.7 Å². The average Bonchev–Trinajstić information content (AvgIpc) is 3.00. The van der Waals surface area contributed by atoms with E-state index >= 15 is 0 Å². The van der Waals surface area contributed by atoms with Gasteiger partial charge in [-0.15, -0.1) is 0 Å². The van der Waals surface area contributed by atoms with Crippen LogP contribution in [0.2, 0.25) is 0 Å². The van der Waals surface area contributed by atoms with Gasteiger partial charge in [-0.1, -0.05) is 0 Å². The third kappa shape index (κ3) is 4.90. The van der Waals surface area contributed by atoms with Crippen LogP contribution in [0.1, 0.15) is 41.5 Å². The van der Waals surface area contributed by atoms with Gasteiger partial charge in [-0.3, -0.25) is 0 Å². The molecule has 8 heteroatoms. The molecule has 2 aliphatic heterocycles. The summed E-state index contributed by atoms with van der Waals surface area (Å²) in [5.41, 5.74) is 0. The quantitative estimate of drug-likeness (QED) is 0.521. The summed E-state index contributed by atoms with van der Waals surface area (Å²) < 4.78 is 39.5. The highest BCUT2D eigenvalue weighted by Crippen LogP contribution is 2.39. The molecule has 146 valence electrons. The second kappa shape index (κ2) is 7.09. The number of carbonyl (C=O) groups is 1. The molecule has 25 heavy (non-hydrogen) atoms. The average molecular weight is 362 g/mol. The number of ether oxygens (including phenoxy) is 7. The van der Waals surface area contributed by atoms with Crippen molar-refractivity contribution in [3.63, 3.8) is 0 Å².